The second-order valence-corrected chi connectivity index (χ2v) is 2.54. The van der Waals surface area contributed by atoms with Crippen LogP contribution in [0.2, 0.25) is 0 Å². The Morgan fingerprint density at radius 1 is 0.467 bits per heavy atom. The Bertz CT molecular complexity index is 118. The molecule has 0 heterocycles. The summed E-state index contributed by atoms with van der Waals surface area (Å²) in [6, 6.07) is 0. The molecule has 15 heavy (non-hydrogen) atoms. The van der Waals surface area contributed by atoms with Crippen LogP contribution in [0.1, 0.15) is 0 Å². The second kappa shape index (κ2) is 29.7. The Morgan fingerprint density at radius 3 is 0.467 bits per heavy atom. The van der Waals surface area contributed by atoms with Crippen molar-refractivity contribution in [2.24, 2.45) is 0 Å². The normalized spacial score (nSPS) is 4.80. The van der Waals surface area contributed by atoms with Crippen LogP contribution in [0.4, 0.5) is 0 Å². The van der Waals surface area contributed by atoms with Crippen LogP contribution in [0.25, 0.3) is 0 Å². The van der Waals surface area contributed by atoms with Gasteiger partial charge in [-0.1, -0.05) is 0 Å². The summed E-state index contributed by atoms with van der Waals surface area (Å²) in [5, 5.41) is 0. The van der Waals surface area contributed by atoms with Gasteiger partial charge in [0.05, 0.1) is 0 Å². The van der Waals surface area contributed by atoms with E-state index in [-0.39, 0.29) is 88.7 Å². The van der Waals surface area contributed by atoms with Crippen molar-refractivity contribution in [3.8, 4) is 0 Å². The predicted molar refractivity (Wildman–Crippen MR) is 54.1 cm³/mol. The fraction of sp³-hybridized carbons (Fsp3) is 0. The summed E-state index contributed by atoms with van der Waals surface area (Å²) >= 11 is 0. The van der Waals surface area contributed by atoms with Crippen LogP contribution in [0, 0.1) is 0 Å². The van der Waals surface area contributed by atoms with Gasteiger partial charge in [-0.15, -0.1) is 0 Å². The summed E-state index contributed by atoms with van der Waals surface area (Å²) < 4.78 is 26.2. The van der Waals surface area contributed by atoms with Gasteiger partial charge >= 0.3 is 116 Å². The van der Waals surface area contributed by atoms with Crippen LogP contribution in [0.3, 0.4) is 0 Å². The average molecular weight is 306 g/mol. The van der Waals surface area contributed by atoms with Crippen LogP contribution in [0.15, 0.2) is 0 Å². The molecule has 0 rings (SSSR count). The van der Waals surface area contributed by atoms with Gasteiger partial charge in [-0.2, -0.15) is 0 Å². The molecule has 0 aliphatic heterocycles. The molecule has 0 aliphatic rings. The number of hydrogen-bond donors (Lipinski definition) is 6. The minimum absolute atomic E-state index is 0. The van der Waals surface area contributed by atoms with Crippen LogP contribution in [0.5, 0.6) is 0 Å². The van der Waals surface area contributed by atoms with Crippen molar-refractivity contribution in [2.75, 3.05) is 0 Å². The Hall–Kier alpha value is 1.85. The molecule has 0 aromatic carbocycles. The first-order chi connectivity index (χ1) is 5.20. The molecule has 78 valence electrons. The first-order valence-corrected chi connectivity index (χ1v) is 5.86. The maximum atomic E-state index is 8.74. The average Bonchev–Trinajstić information content (AvgIpc) is 1.54. The van der Waals surface area contributed by atoms with Crippen LogP contribution >= 0.6 is 0 Å². The Kier molecular flexibility index (Phi) is 71.2. The minimum atomic E-state index is -3.13. The molecule has 0 saturated heterocycles. The summed E-state index contributed by atoms with van der Waals surface area (Å²) in [6.45, 7) is 0. The third-order valence-corrected chi connectivity index (χ3v) is 0. The van der Waals surface area contributed by atoms with Crippen LogP contribution < -0.4 is 0 Å². The zero-order valence-electron chi connectivity index (χ0n) is 5.41. The van der Waals surface area contributed by atoms with E-state index in [0.717, 1.165) is 0 Å². The second-order valence-electron chi connectivity index (χ2n) is 0.848. The van der Waals surface area contributed by atoms with Crippen molar-refractivity contribution in [1.82, 2.24) is 0 Å². The Balaban J connectivity index is -0.0000000184. The molecule has 0 bridgehead atoms. The molecular weight excluding hydrogens is 297 g/mol. The molecule has 0 atom stereocenters. The van der Waals surface area contributed by atoms with E-state index in [2.05, 4.69) is 0 Å². The first-order valence-electron chi connectivity index (χ1n) is 1.95. The van der Waals surface area contributed by atoms with E-state index < -0.39 is 27.5 Å². The summed E-state index contributed by atoms with van der Waals surface area (Å²) in [4.78, 5) is 42.9. The maximum absolute atomic E-state index is 8.74. The van der Waals surface area contributed by atoms with E-state index in [1.54, 1.807) is 0 Å². The topological polar surface area (TPSA) is 173 Å². The van der Waals surface area contributed by atoms with Gasteiger partial charge in [-0.05, 0) is 0 Å². The van der Waals surface area contributed by atoms with E-state index in [1.807, 2.05) is 0 Å². The fourth-order valence-electron chi connectivity index (χ4n) is 0. The molecule has 0 unspecified atom stereocenters. The van der Waals surface area contributed by atoms with Gasteiger partial charge in [0.1, 0.15) is 0 Å². The van der Waals surface area contributed by atoms with Crippen molar-refractivity contribution >= 4 is 116 Å². The SMILES string of the molecule is O=[Si](O)O.O=[Si](O)O.O=[Si](O)O.[NaH].[NaH].[NaH]. The van der Waals surface area contributed by atoms with Gasteiger partial charge in [-0.3, -0.25) is 13.4 Å². The molecule has 0 radical (unpaired) electrons. The number of hydrogen-bond acceptors (Lipinski definition) is 3. The van der Waals surface area contributed by atoms with Gasteiger partial charge in [0.2, 0.25) is 0 Å². The van der Waals surface area contributed by atoms with Gasteiger partial charge in [0.25, 0.3) is 0 Å². The standard InChI is InChI=1S/3Na.3H2O3Si.3H/c;;;3*1-4(2)3;;;/h;;;3*1-2H;;;. The molecule has 15 heteroatoms. The third-order valence-electron chi connectivity index (χ3n) is 0. The summed E-state index contributed by atoms with van der Waals surface area (Å²) in [5.74, 6) is 0. The first kappa shape index (κ1) is 36.0. The zero-order chi connectivity index (χ0) is 10.7. The zero-order valence-corrected chi connectivity index (χ0v) is 8.41. The van der Waals surface area contributed by atoms with Gasteiger partial charge in [0.15, 0.2) is 0 Å². The molecule has 9 nitrogen and oxygen atoms in total. The molecule has 0 saturated carbocycles. The number of rotatable bonds is 0. The summed E-state index contributed by atoms with van der Waals surface area (Å²) in [6.07, 6.45) is 0. The molecular formula is H9Na3O9Si3. The van der Waals surface area contributed by atoms with E-state index >= 15 is 0 Å². The van der Waals surface area contributed by atoms with Gasteiger partial charge in [-0.25, -0.2) is 0 Å². The molecule has 6 N–H and O–H groups in total. The molecule has 0 aliphatic carbocycles. The summed E-state index contributed by atoms with van der Waals surface area (Å²) in [5.41, 5.74) is 0. The van der Waals surface area contributed by atoms with E-state index in [0.29, 0.717) is 0 Å². The van der Waals surface area contributed by atoms with Crippen LogP contribution in [-0.2, 0) is 13.4 Å². The van der Waals surface area contributed by atoms with Crippen molar-refractivity contribution in [3.05, 3.63) is 0 Å². The van der Waals surface area contributed by atoms with Crippen molar-refractivity contribution in [1.29, 1.82) is 0 Å². The van der Waals surface area contributed by atoms with Gasteiger partial charge in [0, 0.05) is 0 Å². The Morgan fingerprint density at radius 2 is 0.467 bits per heavy atom. The molecule has 0 spiro atoms. The summed E-state index contributed by atoms with van der Waals surface area (Å²) in [7, 11) is -9.39. The van der Waals surface area contributed by atoms with Gasteiger partial charge < -0.3 is 28.8 Å². The molecule has 0 aromatic heterocycles. The van der Waals surface area contributed by atoms with Crippen molar-refractivity contribution in [3.63, 3.8) is 0 Å². The quantitative estimate of drug-likeness (QED) is 0.238. The van der Waals surface area contributed by atoms with E-state index in [1.165, 1.54) is 0 Å². The van der Waals surface area contributed by atoms with Crippen LogP contribution in [-0.4, -0.2) is 145 Å². The molecule has 0 fully saturated rings. The molecule has 0 aromatic rings. The van der Waals surface area contributed by atoms with E-state index in [9.17, 15) is 0 Å². The fourth-order valence-corrected chi connectivity index (χ4v) is 0. The monoisotopic (exact) mass is 306 g/mol. The third kappa shape index (κ3) is 888. The Labute approximate surface area is 156 Å². The predicted octanol–water partition coefficient (Wildman–Crippen LogP) is -6.79. The van der Waals surface area contributed by atoms with Crippen molar-refractivity contribution in [2.45, 2.75) is 0 Å². The van der Waals surface area contributed by atoms with Crippen molar-refractivity contribution < 1.29 is 42.2 Å². The van der Waals surface area contributed by atoms with E-state index in [4.69, 9.17) is 42.2 Å². The molecule has 0 amide bonds.